The van der Waals surface area contributed by atoms with Gasteiger partial charge in [0.25, 0.3) is 5.91 Å². The van der Waals surface area contributed by atoms with E-state index in [1.165, 1.54) is 20.9 Å². The van der Waals surface area contributed by atoms with Gasteiger partial charge in [-0.2, -0.15) is 0 Å². The van der Waals surface area contributed by atoms with Crippen molar-refractivity contribution in [2.75, 3.05) is 18.9 Å². The second-order valence-corrected chi connectivity index (χ2v) is 6.05. The fourth-order valence-electron chi connectivity index (χ4n) is 2.92. The number of nitrogens with one attached hydrogen (secondary N) is 2. The number of rotatable bonds is 4. The van der Waals surface area contributed by atoms with E-state index in [4.69, 9.17) is 0 Å². The van der Waals surface area contributed by atoms with E-state index in [1.54, 1.807) is 18.2 Å². The number of Topliss-reactive ketones (excluding diaryl/α,β-unsaturated/α-hetero) is 1. The van der Waals surface area contributed by atoms with Gasteiger partial charge in [-0.1, -0.05) is 6.07 Å². The largest absolute Gasteiger partial charge is 0.375 e. The van der Waals surface area contributed by atoms with Crippen LogP contribution in [0.3, 0.4) is 0 Å². The van der Waals surface area contributed by atoms with E-state index in [2.05, 4.69) is 10.6 Å². The molecule has 8 nitrogen and oxygen atoms in total. The molecule has 1 aliphatic rings. The Morgan fingerprint density at radius 3 is 2.48 bits per heavy atom. The summed E-state index contributed by atoms with van der Waals surface area (Å²) in [6.07, 6.45) is 0.513. The monoisotopic (exact) mass is 347 g/mol. The number of ketones is 1. The molecular formula is C17H21N3O5. The lowest BCUT2D eigenvalue weighted by Crippen LogP contribution is -2.49. The van der Waals surface area contributed by atoms with Crippen LogP contribution in [0.1, 0.15) is 31.4 Å². The smallest absolute Gasteiger partial charge is 0.318 e. The molecule has 0 radical (unpaired) electrons. The first kappa shape index (κ1) is 18.6. The Hall–Kier alpha value is -2.74. The summed E-state index contributed by atoms with van der Waals surface area (Å²) in [5, 5.41) is 16.0. The Morgan fingerprint density at radius 1 is 1.24 bits per heavy atom. The van der Waals surface area contributed by atoms with Gasteiger partial charge in [0, 0.05) is 19.7 Å². The maximum Gasteiger partial charge on any atom is 0.318 e. The number of imide groups is 1. The number of carbonyl (C=O) groups is 4. The van der Waals surface area contributed by atoms with Crippen molar-refractivity contribution in [1.82, 2.24) is 10.2 Å². The minimum atomic E-state index is -1.86. The Labute approximate surface area is 145 Å². The van der Waals surface area contributed by atoms with Crippen LogP contribution < -0.4 is 10.6 Å². The van der Waals surface area contributed by atoms with E-state index >= 15 is 0 Å². The van der Waals surface area contributed by atoms with Crippen LogP contribution in [0.2, 0.25) is 0 Å². The number of fused-ring (bicyclic) bond motifs is 1. The molecule has 0 aromatic heterocycles. The number of amides is 4. The summed E-state index contributed by atoms with van der Waals surface area (Å²) in [4.78, 5) is 48.0. The summed E-state index contributed by atoms with van der Waals surface area (Å²) in [7, 11) is 1.49. The second-order valence-electron chi connectivity index (χ2n) is 6.05. The SMILES string of the molecule is CNC(=O)Nc1ccc2c(c1)CC[C@]2(O)C(=O)N(CC(C)=O)C(C)=O. The first-order valence-electron chi connectivity index (χ1n) is 7.85. The van der Waals surface area contributed by atoms with Gasteiger partial charge in [-0.05, 0) is 43.0 Å². The quantitative estimate of drug-likeness (QED) is 0.735. The van der Waals surface area contributed by atoms with Crippen LogP contribution in [0.15, 0.2) is 18.2 Å². The molecule has 0 bridgehead atoms. The van der Waals surface area contributed by atoms with E-state index < -0.39 is 17.4 Å². The third kappa shape index (κ3) is 3.69. The maximum atomic E-state index is 12.7. The molecule has 0 saturated heterocycles. The van der Waals surface area contributed by atoms with Gasteiger partial charge in [0.15, 0.2) is 5.60 Å². The van der Waals surface area contributed by atoms with Crippen LogP contribution >= 0.6 is 0 Å². The molecule has 0 saturated carbocycles. The lowest BCUT2D eigenvalue weighted by Gasteiger charge is -2.29. The number of aliphatic hydroxyl groups is 1. The van der Waals surface area contributed by atoms with Crippen molar-refractivity contribution in [3.8, 4) is 0 Å². The molecular weight excluding hydrogens is 326 g/mol. The number of benzene rings is 1. The van der Waals surface area contributed by atoms with Crippen molar-refractivity contribution in [2.24, 2.45) is 0 Å². The zero-order valence-electron chi connectivity index (χ0n) is 14.4. The van der Waals surface area contributed by atoms with Gasteiger partial charge < -0.3 is 15.7 Å². The van der Waals surface area contributed by atoms with Crippen LogP contribution in [0.25, 0.3) is 0 Å². The zero-order valence-corrected chi connectivity index (χ0v) is 14.4. The van der Waals surface area contributed by atoms with Gasteiger partial charge in [-0.25, -0.2) is 4.79 Å². The Balaban J connectivity index is 2.33. The third-order valence-corrected chi connectivity index (χ3v) is 4.15. The van der Waals surface area contributed by atoms with Crippen LogP contribution in [0, 0.1) is 0 Å². The first-order valence-corrected chi connectivity index (χ1v) is 7.85. The molecule has 1 aliphatic carbocycles. The molecule has 1 atom stereocenters. The molecule has 1 aromatic rings. The summed E-state index contributed by atoms with van der Waals surface area (Å²) in [6.45, 7) is 2.07. The van der Waals surface area contributed by atoms with Gasteiger partial charge in [0.05, 0.1) is 6.54 Å². The summed E-state index contributed by atoms with van der Waals surface area (Å²) >= 11 is 0. The summed E-state index contributed by atoms with van der Waals surface area (Å²) in [6, 6.07) is 4.42. The third-order valence-electron chi connectivity index (χ3n) is 4.15. The Morgan fingerprint density at radius 2 is 1.92 bits per heavy atom. The van der Waals surface area contributed by atoms with Crippen molar-refractivity contribution in [3.05, 3.63) is 29.3 Å². The predicted molar refractivity (Wildman–Crippen MR) is 89.8 cm³/mol. The minimum absolute atomic E-state index is 0.103. The number of anilines is 1. The van der Waals surface area contributed by atoms with Gasteiger partial charge in [0.1, 0.15) is 5.78 Å². The average Bonchev–Trinajstić information content (AvgIpc) is 2.89. The molecule has 0 fully saturated rings. The van der Waals surface area contributed by atoms with Crippen LogP contribution in [-0.4, -0.2) is 47.2 Å². The van der Waals surface area contributed by atoms with Crippen molar-refractivity contribution >= 4 is 29.3 Å². The highest BCUT2D eigenvalue weighted by Gasteiger charge is 2.46. The molecule has 25 heavy (non-hydrogen) atoms. The molecule has 3 N–H and O–H groups in total. The van der Waals surface area contributed by atoms with Crippen LogP contribution in [0.4, 0.5) is 10.5 Å². The zero-order chi connectivity index (χ0) is 18.8. The van der Waals surface area contributed by atoms with Crippen LogP contribution in [-0.2, 0) is 26.4 Å². The van der Waals surface area contributed by atoms with E-state index in [0.29, 0.717) is 23.2 Å². The fourth-order valence-corrected chi connectivity index (χ4v) is 2.92. The lowest BCUT2D eigenvalue weighted by atomic mass is 9.93. The molecule has 2 rings (SSSR count). The van der Waals surface area contributed by atoms with Crippen molar-refractivity contribution < 1.29 is 24.3 Å². The van der Waals surface area contributed by atoms with E-state index in [9.17, 15) is 24.3 Å². The summed E-state index contributed by atoms with van der Waals surface area (Å²) in [5.74, 6) is -1.75. The molecule has 0 aliphatic heterocycles. The molecule has 8 heteroatoms. The van der Waals surface area contributed by atoms with E-state index in [0.717, 1.165) is 4.90 Å². The first-order chi connectivity index (χ1) is 11.7. The maximum absolute atomic E-state index is 12.7. The van der Waals surface area contributed by atoms with Crippen LogP contribution in [0.5, 0.6) is 0 Å². The molecule has 0 heterocycles. The highest BCUT2D eigenvalue weighted by Crippen LogP contribution is 2.39. The minimum Gasteiger partial charge on any atom is -0.375 e. The van der Waals surface area contributed by atoms with Crippen molar-refractivity contribution in [3.63, 3.8) is 0 Å². The molecule has 134 valence electrons. The average molecular weight is 347 g/mol. The number of hydrogen-bond donors (Lipinski definition) is 3. The number of nitrogens with zero attached hydrogens (tertiary/aromatic N) is 1. The van der Waals surface area contributed by atoms with E-state index in [-0.39, 0.29) is 24.8 Å². The molecule has 0 spiro atoms. The normalized spacial score (nSPS) is 18.2. The van der Waals surface area contributed by atoms with Gasteiger partial charge in [0.2, 0.25) is 5.91 Å². The topological polar surface area (TPSA) is 116 Å². The van der Waals surface area contributed by atoms with Crippen molar-refractivity contribution in [1.29, 1.82) is 0 Å². The van der Waals surface area contributed by atoms with Gasteiger partial charge in [-0.15, -0.1) is 0 Å². The molecule has 1 aromatic carbocycles. The number of hydrogen-bond acceptors (Lipinski definition) is 5. The second kappa shape index (κ2) is 7.02. The number of urea groups is 1. The highest BCUT2D eigenvalue weighted by atomic mass is 16.3. The molecule has 0 unspecified atom stereocenters. The van der Waals surface area contributed by atoms with Gasteiger partial charge in [-0.3, -0.25) is 19.3 Å². The lowest BCUT2D eigenvalue weighted by molar-refractivity contribution is -0.160. The highest BCUT2D eigenvalue weighted by molar-refractivity contribution is 6.02. The molecule has 4 amide bonds. The van der Waals surface area contributed by atoms with E-state index in [1.807, 2.05) is 0 Å². The van der Waals surface area contributed by atoms with Gasteiger partial charge >= 0.3 is 6.03 Å². The summed E-state index contributed by atoms with van der Waals surface area (Å²) < 4.78 is 0. The standard InChI is InChI=1S/C17H21N3O5/c1-10(21)9-20(11(2)22)15(23)17(25)7-6-12-8-13(4-5-14(12)17)19-16(24)18-3/h4-5,8,25H,6-7,9H2,1-3H3,(H2,18,19,24)/t17-/m1/s1. The fraction of sp³-hybridized carbons (Fsp3) is 0.412. The Kier molecular flexibility index (Phi) is 5.22. The predicted octanol–water partition coefficient (Wildman–Crippen LogP) is 0.536. The Bertz CT molecular complexity index is 746. The number of aryl methyl sites for hydroxylation is 1. The summed E-state index contributed by atoms with van der Waals surface area (Å²) in [5.41, 5.74) is -0.241. The van der Waals surface area contributed by atoms with Crippen molar-refractivity contribution in [2.45, 2.75) is 32.3 Å². The number of carbonyl (C=O) groups excluding carboxylic acids is 4.